The first-order valence-corrected chi connectivity index (χ1v) is 9.14. The number of piperazine rings is 1. The SMILES string of the molecule is CCOC(=O)N1CCN(C(=O)C2CC(=O)N(c3ccccc3Cl)C2)CC1. The minimum atomic E-state index is -0.382. The first kappa shape index (κ1) is 18.5. The maximum absolute atomic E-state index is 12.8. The Labute approximate surface area is 157 Å². The van der Waals surface area contributed by atoms with Crippen molar-refractivity contribution in [3.63, 3.8) is 0 Å². The highest BCUT2D eigenvalue weighted by Gasteiger charge is 2.38. The predicted octanol–water partition coefficient (Wildman–Crippen LogP) is 1.99. The summed E-state index contributed by atoms with van der Waals surface area (Å²) in [4.78, 5) is 41.8. The molecule has 0 radical (unpaired) electrons. The van der Waals surface area contributed by atoms with Crippen LogP contribution in [0.25, 0.3) is 0 Å². The molecule has 0 N–H and O–H groups in total. The monoisotopic (exact) mass is 379 g/mol. The van der Waals surface area contributed by atoms with Crippen molar-refractivity contribution in [1.82, 2.24) is 9.80 Å². The number of nitrogens with zero attached hydrogens (tertiary/aromatic N) is 3. The minimum Gasteiger partial charge on any atom is -0.450 e. The number of carbonyl (C=O) groups excluding carboxylic acids is 3. The normalized spacial score (nSPS) is 20.5. The zero-order chi connectivity index (χ0) is 18.7. The lowest BCUT2D eigenvalue weighted by Crippen LogP contribution is -2.52. The summed E-state index contributed by atoms with van der Waals surface area (Å²) in [7, 11) is 0. The molecule has 0 spiro atoms. The van der Waals surface area contributed by atoms with Gasteiger partial charge in [0, 0.05) is 39.1 Å². The van der Waals surface area contributed by atoms with Crippen molar-refractivity contribution in [2.75, 3.05) is 44.2 Å². The van der Waals surface area contributed by atoms with Crippen molar-refractivity contribution >= 4 is 35.2 Å². The van der Waals surface area contributed by atoms with Gasteiger partial charge in [-0.05, 0) is 19.1 Å². The van der Waals surface area contributed by atoms with Gasteiger partial charge < -0.3 is 19.4 Å². The Balaban J connectivity index is 1.59. The first-order valence-electron chi connectivity index (χ1n) is 8.76. The Morgan fingerprint density at radius 1 is 1.15 bits per heavy atom. The second kappa shape index (κ2) is 7.95. The van der Waals surface area contributed by atoms with Crippen molar-refractivity contribution in [3.8, 4) is 0 Å². The van der Waals surface area contributed by atoms with Crippen LogP contribution in [0.4, 0.5) is 10.5 Å². The van der Waals surface area contributed by atoms with Crippen LogP contribution in [0, 0.1) is 5.92 Å². The molecule has 3 rings (SSSR count). The van der Waals surface area contributed by atoms with Crippen molar-refractivity contribution in [2.45, 2.75) is 13.3 Å². The Kier molecular flexibility index (Phi) is 5.66. The fourth-order valence-electron chi connectivity index (χ4n) is 3.36. The average Bonchev–Trinajstić information content (AvgIpc) is 3.03. The molecular weight excluding hydrogens is 358 g/mol. The molecule has 1 unspecified atom stereocenters. The topological polar surface area (TPSA) is 70.2 Å². The van der Waals surface area contributed by atoms with Crippen molar-refractivity contribution < 1.29 is 19.1 Å². The number of carbonyl (C=O) groups is 3. The van der Waals surface area contributed by atoms with Crippen LogP contribution >= 0.6 is 11.6 Å². The summed E-state index contributed by atoms with van der Waals surface area (Å²) in [6, 6.07) is 7.13. The van der Waals surface area contributed by atoms with Crippen molar-refractivity contribution in [2.24, 2.45) is 5.92 Å². The number of halogens is 1. The molecular formula is C18H22ClN3O4. The molecule has 2 fully saturated rings. The third-order valence-corrected chi connectivity index (χ3v) is 5.05. The molecule has 8 heteroatoms. The molecule has 2 aliphatic heterocycles. The van der Waals surface area contributed by atoms with Crippen LogP contribution < -0.4 is 4.90 Å². The van der Waals surface area contributed by atoms with Gasteiger partial charge in [-0.3, -0.25) is 9.59 Å². The lowest BCUT2D eigenvalue weighted by Gasteiger charge is -2.35. The van der Waals surface area contributed by atoms with Gasteiger partial charge in [0.15, 0.2) is 0 Å². The molecule has 7 nitrogen and oxygen atoms in total. The summed E-state index contributed by atoms with van der Waals surface area (Å²) in [6.07, 6.45) is -0.164. The predicted molar refractivity (Wildman–Crippen MR) is 97.1 cm³/mol. The molecule has 0 bridgehead atoms. The average molecular weight is 380 g/mol. The second-order valence-electron chi connectivity index (χ2n) is 6.37. The number of hydrogen-bond acceptors (Lipinski definition) is 4. The van der Waals surface area contributed by atoms with Gasteiger partial charge in [0.1, 0.15) is 0 Å². The Morgan fingerprint density at radius 3 is 2.46 bits per heavy atom. The van der Waals surface area contributed by atoms with Crippen molar-refractivity contribution in [3.05, 3.63) is 29.3 Å². The maximum atomic E-state index is 12.8. The summed E-state index contributed by atoms with van der Waals surface area (Å²) in [5.41, 5.74) is 0.640. The molecule has 2 heterocycles. The number of ether oxygens (including phenoxy) is 1. The van der Waals surface area contributed by atoms with E-state index in [1.54, 1.807) is 39.8 Å². The van der Waals surface area contributed by atoms with Gasteiger partial charge in [-0.1, -0.05) is 23.7 Å². The maximum Gasteiger partial charge on any atom is 0.409 e. The summed E-state index contributed by atoms with van der Waals surface area (Å²) >= 11 is 6.18. The molecule has 3 amide bonds. The van der Waals surface area contributed by atoms with Crippen LogP contribution in [-0.2, 0) is 14.3 Å². The standard InChI is InChI=1S/C18H22ClN3O4/c1-2-26-18(25)21-9-7-20(8-10-21)17(24)13-11-16(23)22(12-13)15-6-4-3-5-14(15)19/h3-6,13H,2,7-12H2,1H3. The third-order valence-electron chi connectivity index (χ3n) is 4.73. The number of benzene rings is 1. The van der Waals surface area contributed by atoms with E-state index in [1.165, 1.54) is 0 Å². The molecule has 140 valence electrons. The smallest absolute Gasteiger partial charge is 0.409 e. The highest BCUT2D eigenvalue weighted by molar-refractivity contribution is 6.33. The second-order valence-corrected chi connectivity index (χ2v) is 6.78. The summed E-state index contributed by atoms with van der Waals surface area (Å²) < 4.78 is 4.98. The van der Waals surface area contributed by atoms with E-state index in [9.17, 15) is 14.4 Å². The molecule has 0 aliphatic carbocycles. The zero-order valence-corrected chi connectivity index (χ0v) is 15.4. The van der Waals surface area contributed by atoms with Crippen LogP contribution in [0.5, 0.6) is 0 Å². The van der Waals surface area contributed by atoms with Gasteiger partial charge in [-0.15, -0.1) is 0 Å². The number of amides is 3. The zero-order valence-electron chi connectivity index (χ0n) is 14.7. The Morgan fingerprint density at radius 2 is 1.81 bits per heavy atom. The van der Waals surface area contributed by atoms with E-state index in [4.69, 9.17) is 16.3 Å². The van der Waals surface area contributed by atoms with Crippen LogP contribution in [0.3, 0.4) is 0 Å². The Bertz CT molecular complexity index is 703. The highest BCUT2D eigenvalue weighted by atomic mass is 35.5. The van der Waals surface area contributed by atoms with E-state index in [-0.39, 0.29) is 30.2 Å². The fraction of sp³-hybridized carbons (Fsp3) is 0.500. The molecule has 1 atom stereocenters. The number of para-hydroxylation sites is 1. The molecule has 1 aromatic rings. The molecule has 0 aromatic heterocycles. The largest absolute Gasteiger partial charge is 0.450 e. The summed E-state index contributed by atoms with van der Waals surface area (Å²) in [5.74, 6) is -0.522. The van der Waals surface area contributed by atoms with Crippen LogP contribution in [0.2, 0.25) is 5.02 Å². The van der Waals surface area contributed by atoms with E-state index in [1.807, 2.05) is 6.07 Å². The first-order chi connectivity index (χ1) is 12.5. The van der Waals surface area contributed by atoms with Crippen LogP contribution in [-0.4, -0.2) is 67.0 Å². The number of rotatable bonds is 3. The van der Waals surface area contributed by atoms with Crippen LogP contribution in [0.1, 0.15) is 13.3 Å². The lowest BCUT2D eigenvalue weighted by molar-refractivity contribution is -0.137. The molecule has 1 aromatic carbocycles. The van der Waals surface area contributed by atoms with Crippen molar-refractivity contribution in [1.29, 1.82) is 0 Å². The van der Waals surface area contributed by atoms with Crippen LogP contribution in [0.15, 0.2) is 24.3 Å². The summed E-state index contributed by atoms with van der Waals surface area (Å²) in [5, 5.41) is 0.497. The van der Waals surface area contributed by atoms with E-state index >= 15 is 0 Å². The van der Waals surface area contributed by atoms with E-state index in [0.717, 1.165) is 0 Å². The number of anilines is 1. The highest BCUT2D eigenvalue weighted by Crippen LogP contribution is 2.31. The Hall–Kier alpha value is -2.28. The quantitative estimate of drug-likeness (QED) is 0.805. The van der Waals surface area contributed by atoms with Gasteiger partial charge >= 0.3 is 6.09 Å². The van der Waals surface area contributed by atoms with Gasteiger partial charge in [0.25, 0.3) is 0 Å². The van der Waals surface area contributed by atoms with E-state index in [2.05, 4.69) is 0 Å². The molecule has 2 saturated heterocycles. The lowest BCUT2D eigenvalue weighted by atomic mass is 10.1. The summed E-state index contributed by atoms with van der Waals surface area (Å²) in [6.45, 7) is 4.22. The fourth-order valence-corrected chi connectivity index (χ4v) is 3.60. The van der Waals surface area contributed by atoms with Gasteiger partial charge in [-0.25, -0.2) is 4.79 Å². The molecule has 0 saturated carbocycles. The third kappa shape index (κ3) is 3.77. The molecule has 26 heavy (non-hydrogen) atoms. The minimum absolute atomic E-state index is 0.0450. The molecule has 2 aliphatic rings. The van der Waals surface area contributed by atoms with E-state index in [0.29, 0.717) is 50.0 Å². The van der Waals surface area contributed by atoms with E-state index < -0.39 is 0 Å². The van der Waals surface area contributed by atoms with Gasteiger partial charge in [0.2, 0.25) is 11.8 Å². The van der Waals surface area contributed by atoms with Gasteiger partial charge in [0.05, 0.1) is 23.2 Å². The van der Waals surface area contributed by atoms with Gasteiger partial charge in [-0.2, -0.15) is 0 Å². The number of hydrogen-bond donors (Lipinski definition) is 0.